The Labute approximate surface area is 117 Å². The van der Waals surface area contributed by atoms with Crippen LogP contribution >= 0.6 is 34.8 Å². The molecule has 0 saturated heterocycles. The number of halogens is 3. The fraction of sp³-hybridized carbons (Fsp3) is 0. The highest BCUT2D eigenvalue weighted by atomic mass is 35.5. The Hall–Kier alpha value is -1.29. The molecule has 0 aliphatic heterocycles. The highest BCUT2D eigenvalue weighted by Gasteiger charge is 2.13. The first-order valence-electron chi connectivity index (χ1n) is 4.86. The lowest BCUT2D eigenvalue weighted by Crippen LogP contribution is -2.08. The van der Waals surface area contributed by atoms with Crippen LogP contribution < -0.4 is 5.56 Å². The molecular formula is C12H6Cl3NO2. The first-order valence-corrected chi connectivity index (χ1v) is 5.99. The van der Waals surface area contributed by atoms with Crippen molar-refractivity contribution in [3.05, 3.63) is 55.4 Å². The smallest absolute Gasteiger partial charge is 0.248 e. The van der Waals surface area contributed by atoms with Gasteiger partial charge in [0, 0.05) is 22.2 Å². The molecule has 6 heteroatoms. The number of pyridine rings is 1. The van der Waals surface area contributed by atoms with Gasteiger partial charge in [-0.1, -0.05) is 34.8 Å². The number of H-pyrrole nitrogens is 1. The van der Waals surface area contributed by atoms with Gasteiger partial charge in [0.1, 0.15) is 0 Å². The fourth-order valence-corrected chi connectivity index (χ4v) is 2.27. The van der Waals surface area contributed by atoms with Crippen LogP contribution in [0.1, 0.15) is 10.5 Å². The van der Waals surface area contributed by atoms with Gasteiger partial charge in [0.15, 0.2) is 6.29 Å². The topological polar surface area (TPSA) is 49.9 Å². The van der Waals surface area contributed by atoms with E-state index in [2.05, 4.69) is 4.98 Å². The first-order chi connectivity index (χ1) is 8.52. The van der Waals surface area contributed by atoms with Gasteiger partial charge in [-0.15, -0.1) is 0 Å². The van der Waals surface area contributed by atoms with Crippen molar-refractivity contribution >= 4 is 41.1 Å². The third kappa shape index (κ3) is 2.43. The van der Waals surface area contributed by atoms with Crippen LogP contribution in [0, 0.1) is 0 Å². The summed E-state index contributed by atoms with van der Waals surface area (Å²) >= 11 is 17.9. The maximum atomic E-state index is 11.2. The van der Waals surface area contributed by atoms with Gasteiger partial charge in [0.25, 0.3) is 0 Å². The van der Waals surface area contributed by atoms with E-state index < -0.39 is 0 Å². The lowest BCUT2D eigenvalue weighted by atomic mass is 10.0. The number of aromatic amines is 1. The number of nitrogens with one attached hydrogen (secondary N) is 1. The zero-order valence-corrected chi connectivity index (χ0v) is 11.1. The molecule has 0 fully saturated rings. The Kier molecular flexibility index (Phi) is 3.76. The van der Waals surface area contributed by atoms with Crippen LogP contribution in [0.5, 0.6) is 0 Å². The van der Waals surface area contributed by atoms with E-state index in [-0.39, 0.29) is 21.3 Å². The summed E-state index contributed by atoms with van der Waals surface area (Å²) in [6.07, 6.45) is 0.544. The Bertz CT molecular complexity index is 680. The second-order valence-corrected chi connectivity index (χ2v) is 4.74. The van der Waals surface area contributed by atoms with Crippen LogP contribution in [0.4, 0.5) is 0 Å². The molecular weight excluding hydrogens is 296 g/mol. The average molecular weight is 303 g/mol. The first kappa shape index (κ1) is 13.1. The summed E-state index contributed by atoms with van der Waals surface area (Å²) in [6.45, 7) is 0. The van der Waals surface area contributed by atoms with Crippen LogP contribution in [0.15, 0.2) is 29.1 Å². The Morgan fingerprint density at radius 1 is 1.06 bits per heavy atom. The molecule has 0 aliphatic carbocycles. The quantitative estimate of drug-likeness (QED) is 0.677. The van der Waals surface area contributed by atoms with E-state index >= 15 is 0 Å². The van der Waals surface area contributed by atoms with E-state index in [1.54, 1.807) is 6.07 Å². The third-order valence-corrected chi connectivity index (χ3v) is 3.37. The molecule has 3 nitrogen and oxygen atoms in total. The van der Waals surface area contributed by atoms with Gasteiger partial charge in [0.05, 0.1) is 15.7 Å². The average Bonchev–Trinajstić information content (AvgIpc) is 2.34. The van der Waals surface area contributed by atoms with Crippen LogP contribution in [0.3, 0.4) is 0 Å². The minimum Gasteiger partial charge on any atom is -0.319 e. The standard InChI is InChI=1S/C12H6Cl3NO2/c13-6-3-8(12(15)9(14)4-6)7-1-2-11(18)16-10(7)5-17/h1-5H,(H,16,18). The van der Waals surface area contributed by atoms with Crippen molar-refractivity contribution < 1.29 is 4.79 Å². The highest BCUT2D eigenvalue weighted by molar-refractivity contribution is 6.45. The second-order valence-electron chi connectivity index (χ2n) is 3.52. The van der Waals surface area contributed by atoms with E-state index in [4.69, 9.17) is 34.8 Å². The number of carbonyl (C=O) groups excluding carboxylic acids is 1. The molecule has 92 valence electrons. The van der Waals surface area contributed by atoms with Gasteiger partial charge in [-0.3, -0.25) is 9.59 Å². The van der Waals surface area contributed by atoms with Crippen molar-refractivity contribution in [1.82, 2.24) is 4.98 Å². The molecule has 2 aromatic rings. The SMILES string of the molecule is O=Cc1[nH]c(=O)ccc1-c1cc(Cl)cc(Cl)c1Cl. The Balaban J connectivity index is 2.76. The highest BCUT2D eigenvalue weighted by Crippen LogP contribution is 2.36. The maximum absolute atomic E-state index is 11.2. The molecule has 0 aliphatic rings. The van der Waals surface area contributed by atoms with Gasteiger partial charge < -0.3 is 4.98 Å². The lowest BCUT2D eigenvalue weighted by molar-refractivity contribution is 0.111. The summed E-state index contributed by atoms with van der Waals surface area (Å²) in [5.41, 5.74) is 0.722. The zero-order valence-electron chi connectivity index (χ0n) is 8.84. The van der Waals surface area contributed by atoms with Crippen LogP contribution in [0.25, 0.3) is 11.1 Å². The summed E-state index contributed by atoms with van der Waals surface area (Å²) < 4.78 is 0. The third-order valence-electron chi connectivity index (χ3n) is 2.35. The van der Waals surface area contributed by atoms with Crippen LogP contribution in [-0.4, -0.2) is 11.3 Å². The van der Waals surface area contributed by atoms with Crippen molar-refractivity contribution in [3.63, 3.8) is 0 Å². The number of carbonyl (C=O) groups is 1. The monoisotopic (exact) mass is 301 g/mol. The largest absolute Gasteiger partial charge is 0.319 e. The fourth-order valence-electron chi connectivity index (χ4n) is 1.57. The van der Waals surface area contributed by atoms with Crippen LogP contribution in [0.2, 0.25) is 15.1 Å². The summed E-state index contributed by atoms with van der Waals surface area (Å²) in [4.78, 5) is 24.5. The number of aldehydes is 1. The predicted molar refractivity (Wildman–Crippen MR) is 72.9 cm³/mol. The lowest BCUT2D eigenvalue weighted by Gasteiger charge is -2.08. The number of hydrogen-bond donors (Lipinski definition) is 1. The van der Waals surface area contributed by atoms with Crippen molar-refractivity contribution in [2.24, 2.45) is 0 Å². The van der Waals surface area contributed by atoms with E-state index in [1.807, 2.05) is 0 Å². The van der Waals surface area contributed by atoms with E-state index in [0.717, 1.165) is 0 Å². The molecule has 0 amide bonds. The number of aromatic nitrogens is 1. The molecule has 0 atom stereocenters. The Morgan fingerprint density at radius 2 is 1.78 bits per heavy atom. The summed E-state index contributed by atoms with van der Waals surface area (Å²) in [5, 5.41) is 0.945. The minimum absolute atomic E-state index is 0.128. The molecule has 1 N–H and O–H groups in total. The van der Waals surface area contributed by atoms with E-state index in [0.29, 0.717) is 22.4 Å². The molecule has 18 heavy (non-hydrogen) atoms. The van der Waals surface area contributed by atoms with E-state index in [9.17, 15) is 9.59 Å². The predicted octanol–water partition coefficient (Wildman–Crippen LogP) is 3.81. The van der Waals surface area contributed by atoms with Gasteiger partial charge in [-0.25, -0.2) is 0 Å². The summed E-state index contributed by atoms with van der Waals surface area (Å²) in [6, 6.07) is 5.88. The molecule has 0 bridgehead atoms. The molecule has 0 saturated carbocycles. The molecule has 0 unspecified atom stereocenters. The van der Waals surface area contributed by atoms with Crippen molar-refractivity contribution in [2.75, 3.05) is 0 Å². The number of benzene rings is 1. The molecule has 1 aromatic heterocycles. The molecule has 2 rings (SSSR count). The molecule has 1 heterocycles. The van der Waals surface area contributed by atoms with Gasteiger partial charge in [-0.05, 0) is 18.2 Å². The van der Waals surface area contributed by atoms with Gasteiger partial charge in [0.2, 0.25) is 5.56 Å². The maximum Gasteiger partial charge on any atom is 0.248 e. The summed E-state index contributed by atoms with van der Waals surface area (Å²) in [7, 11) is 0. The molecule has 0 spiro atoms. The molecule has 1 aromatic carbocycles. The van der Waals surface area contributed by atoms with Gasteiger partial charge >= 0.3 is 0 Å². The van der Waals surface area contributed by atoms with Crippen LogP contribution in [-0.2, 0) is 0 Å². The van der Waals surface area contributed by atoms with Crippen molar-refractivity contribution in [3.8, 4) is 11.1 Å². The van der Waals surface area contributed by atoms with Gasteiger partial charge in [-0.2, -0.15) is 0 Å². The number of hydrogen-bond acceptors (Lipinski definition) is 2. The normalized spacial score (nSPS) is 10.4. The van der Waals surface area contributed by atoms with E-state index in [1.165, 1.54) is 18.2 Å². The number of rotatable bonds is 2. The minimum atomic E-state index is -0.370. The van der Waals surface area contributed by atoms with Crippen molar-refractivity contribution in [2.45, 2.75) is 0 Å². The zero-order chi connectivity index (χ0) is 13.3. The molecule has 0 radical (unpaired) electrons. The van der Waals surface area contributed by atoms with Crippen molar-refractivity contribution in [1.29, 1.82) is 0 Å². The Morgan fingerprint density at radius 3 is 2.44 bits per heavy atom. The summed E-state index contributed by atoms with van der Waals surface area (Å²) in [5.74, 6) is 0. The second kappa shape index (κ2) is 5.14.